The minimum Gasteiger partial charge on any atom is -0.484 e. The Balaban J connectivity index is 1.67. The van der Waals surface area contributed by atoms with Crippen molar-refractivity contribution in [2.75, 3.05) is 32.1 Å². The number of likely N-dealkylation sites (tertiary alicyclic amines) is 1. The molecule has 1 aliphatic rings. The largest absolute Gasteiger partial charge is 0.484 e. The van der Waals surface area contributed by atoms with Gasteiger partial charge >= 0.3 is 0 Å². The molecule has 1 aromatic carbocycles. The van der Waals surface area contributed by atoms with Gasteiger partial charge in [-0.15, -0.1) is 0 Å². The Morgan fingerprint density at radius 2 is 2.08 bits per heavy atom. The Morgan fingerprint density at radius 1 is 1.32 bits per heavy atom. The number of halogens is 1. The highest BCUT2D eigenvalue weighted by Crippen LogP contribution is 2.33. The van der Waals surface area contributed by atoms with Crippen molar-refractivity contribution in [3.8, 4) is 5.75 Å². The topological polar surface area (TPSA) is 45.7 Å². The zero-order chi connectivity index (χ0) is 17.8. The standard InChI is InChI=1S/C19H22FN3O2/c1-22(2)18-12-14(9-10-21-18)17-4-3-11-23(17)19(24)13-25-16-7-5-15(20)6-8-16/h5-10,12,17H,3-4,11,13H2,1-2H3. The molecule has 1 atom stereocenters. The first-order valence-corrected chi connectivity index (χ1v) is 8.35. The number of pyridine rings is 1. The third-order valence-corrected chi connectivity index (χ3v) is 4.36. The normalized spacial score (nSPS) is 16.8. The van der Waals surface area contributed by atoms with Crippen LogP contribution in [-0.2, 0) is 4.79 Å². The maximum absolute atomic E-state index is 12.9. The minimum absolute atomic E-state index is 0.0472. The molecular weight excluding hydrogens is 321 g/mol. The zero-order valence-corrected chi connectivity index (χ0v) is 14.5. The lowest BCUT2D eigenvalue weighted by Crippen LogP contribution is -2.34. The van der Waals surface area contributed by atoms with Gasteiger partial charge < -0.3 is 14.5 Å². The van der Waals surface area contributed by atoms with E-state index >= 15 is 0 Å². The van der Waals surface area contributed by atoms with E-state index in [4.69, 9.17) is 4.74 Å². The maximum atomic E-state index is 12.9. The van der Waals surface area contributed by atoms with E-state index in [1.807, 2.05) is 36.0 Å². The molecule has 1 aromatic heterocycles. The Hall–Kier alpha value is -2.63. The third kappa shape index (κ3) is 4.07. The van der Waals surface area contributed by atoms with Crippen molar-refractivity contribution >= 4 is 11.7 Å². The van der Waals surface area contributed by atoms with E-state index in [1.165, 1.54) is 24.3 Å². The molecule has 1 saturated heterocycles. The van der Waals surface area contributed by atoms with Gasteiger partial charge in [0.15, 0.2) is 6.61 Å². The molecule has 25 heavy (non-hydrogen) atoms. The molecule has 6 heteroatoms. The number of benzene rings is 1. The molecule has 1 unspecified atom stereocenters. The quantitative estimate of drug-likeness (QED) is 0.837. The summed E-state index contributed by atoms with van der Waals surface area (Å²) in [5, 5.41) is 0. The lowest BCUT2D eigenvalue weighted by Gasteiger charge is -2.26. The van der Waals surface area contributed by atoms with Crippen molar-refractivity contribution in [1.29, 1.82) is 0 Å². The molecule has 2 heterocycles. The molecule has 5 nitrogen and oxygen atoms in total. The molecule has 0 N–H and O–H groups in total. The highest BCUT2D eigenvalue weighted by molar-refractivity contribution is 5.78. The monoisotopic (exact) mass is 343 g/mol. The summed E-state index contributed by atoms with van der Waals surface area (Å²) >= 11 is 0. The molecule has 0 aliphatic carbocycles. The van der Waals surface area contributed by atoms with Crippen molar-refractivity contribution < 1.29 is 13.9 Å². The van der Waals surface area contributed by atoms with Gasteiger partial charge in [0.25, 0.3) is 5.91 Å². The van der Waals surface area contributed by atoms with Crippen LogP contribution in [0.15, 0.2) is 42.6 Å². The van der Waals surface area contributed by atoms with Gasteiger partial charge in [-0.25, -0.2) is 9.37 Å². The van der Waals surface area contributed by atoms with E-state index in [-0.39, 0.29) is 24.4 Å². The van der Waals surface area contributed by atoms with E-state index in [9.17, 15) is 9.18 Å². The second-order valence-electron chi connectivity index (χ2n) is 6.33. The highest BCUT2D eigenvalue weighted by atomic mass is 19.1. The van der Waals surface area contributed by atoms with Crippen molar-refractivity contribution in [3.05, 3.63) is 54.0 Å². The predicted octanol–water partition coefficient (Wildman–Crippen LogP) is 3.03. The number of carbonyl (C=O) groups is 1. The lowest BCUT2D eigenvalue weighted by atomic mass is 10.1. The van der Waals surface area contributed by atoms with Gasteiger partial charge in [0.1, 0.15) is 17.4 Å². The summed E-state index contributed by atoms with van der Waals surface area (Å²) in [6.45, 7) is 0.670. The van der Waals surface area contributed by atoms with E-state index in [2.05, 4.69) is 4.98 Å². The van der Waals surface area contributed by atoms with Crippen LogP contribution in [0, 0.1) is 5.82 Å². The number of rotatable bonds is 5. The van der Waals surface area contributed by atoms with Crippen molar-refractivity contribution in [1.82, 2.24) is 9.88 Å². The Kier molecular flexibility index (Phi) is 5.16. The predicted molar refractivity (Wildman–Crippen MR) is 94.1 cm³/mol. The first kappa shape index (κ1) is 17.2. The van der Waals surface area contributed by atoms with E-state index in [1.54, 1.807) is 6.20 Å². The molecule has 0 bridgehead atoms. The summed E-state index contributed by atoms with van der Waals surface area (Å²) in [4.78, 5) is 20.7. The Labute approximate surface area is 147 Å². The lowest BCUT2D eigenvalue weighted by molar-refractivity contribution is -0.134. The number of hydrogen-bond acceptors (Lipinski definition) is 4. The van der Waals surface area contributed by atoms with Crippen LogP contribution in [-0.4, -0.2) is 43.0 Å². The molecule has 3 rings (SSSR count). The van der Waals surface area contributed by atoms with Gasteiger partial charge in [-0.2, -0.15) is 0 Å². The molecule has 1 fully saturated rings. The van der Waals surface area contributed by atoms with Gasteiger partial charge in [-0.1, -0.05) is 0 Å². The number of nitrogens with zero attached hydrogens (tertiary/aromatic N) is 3. The molecular formula is C19H22FN3O2. The summed E-state index contributed by atoms with van der Waals surface area (Å²) in [5.74, 6) is 0.978. The zero-order valence-electron chi connectivity index (χ0n) is 14.5. The third-order valence-electron chi connectivity index (χ3n) is 4.36. The van der Waals surface area contributed by atoms with Gasteiger partial charge in [0.2, 0.25) is 0 Å². The smallest absolute Gasteiger partial charge is 0.261 e. The fourth-order valence-corrected chi connectivity index (χ4v) is 3.06. The first-order valence-electron chi connectivity index (χ1n) is 8.35. The fraction of sp³-hybridized carbons (Fsp3) is 0.368. The maximum Gasteiger partial charge on any atom is 0.261 e. The van der Waals surface area contributed by atoms with Crippen molar-refractivity contribution in [2.24, 2.45) is 0 Å². The van der Waals surface area contributed by atoms with Crippen LogP contribution in [0.3, 0.4) is 0 Å². The highest BCUT2D eigenvalue weighted by Gasteiger charge is 2.30. The summed E-state index contributed by atoms with van der Waals surface area (Å²) in [5.41, 5.74) is 1.09. The van der Waals surface area contributed by atoms with Crippen molar-refractivity contribution in [3.63, 3.8) is 0 Å². The summed E-state index contributed by atoms with van der Waals surface area (Å²) in [7, 11) is 3.89. The Bertz CT molecular complexity index is 734. The number of ether oxygens (including phenoxy) is 1. The van der Waals surface area contributed by atoms with E-state index < -0.39 is 0 Å². The van der Waals surface area contributed by atoms with Crippen LogP contribution in [0.25, 0.3) is 0 Å². The summed E-state index contributed by atoms with van der Waals surface area (Å²) < 4.78 is 18.4. The number of anilines is 1. The van der Waals surface area contributed by atoms with Crippen LogP contribution in [0.1, 0.15) is 24.4 Å². The van der Waals surface area contributed by atoms with Crippen LogP contribution in [0.5, 0.6) is 5.75 Å². The molecule has 0 radical (unpaired) electrons. The molecule has 2 aromatic rings. The SMILES string of the molecule is CN(C)c1cc(C2CCCN2C(=O)COc2ccc(F)cc2)ccn1. The van der Waals surface area contributed by atoms with Gasteiger partial charge in [-0.05, 0) is 54.8 Å². The molecule has 0 spiro atoms. The average Bonchev–Trinajstić information content (AvgIpc) is 3.11. The van der Waals surface area contributed by atoms with Crippen molar-refractivity contribution in [2.45, 2.75) is 18.9 Å². The average molecular weight is 343 g/mol. The number of aromatic nitrogens is 1. The van der Waals surface area contributed by atoms with E-state index in [0.717, 1.165) is 30.8 Å². The fourth-order valence-electron chi connectivity index (χ4n) is 3.06. The Morgan fingerprint density at radius 3 is 2.80 bits per heavy atom. The van der Waals surface area contributed by atoms with Crippen LogP contribution >= 0.6 is 0 Å². The molecule has 0 saturated carbocycles. The van der Waals surface area contributed by atoms with Crippen LogP contribution in [0.4, 0.5) is 10.2 Å². The number of amides is 1. The molecule has 132 valence electrons. The summed E-state index contributed by atoms with van der Waals surface area (Å²) in [6.07, 6.45) is 3.67. The summed E-state index contributed by atoms with van der Waals surface area (Å²) in [6, 6.07) is 9.72. The number of carbonyl (C=O) groups excluding carboxylic acids is 1. The van der Waals surface area contributed by atoms with E-state index in [0.29, 0.717) is 5.75 Å². The van der Waals surface area contributed by atoms with Gasteiger partial charge in [0.05, 0.1) is 6.04 Å². The van der Waals surface area contributed by atoms with Crippen LogP contribution in [0.2, 0.25) is 0 Å². The minimum atomic E-state index is -0.326. The van der Waals surface area contributed by atoms with Gasteiger partial charge in [0, 0.05) is 26.8 Å². The number of hydrogen-bond donors (Lipinski definition) is 0. The van der Waals surface area contributed by atoms with Crippen LogP contribution < -0.4 is 9.64 Å². The molecule has 1 aliphatic heterocycles. The van der Waals surface area contributed by atoms with Gasteiger partial charge in [-0.3, -0.25) is 4.79 Å². The second-order valence-corrected chi connectivity index (χ2v) is 6.33. The molecule has 1 amide bonds. The first-order chi connectivity index (χ1) is 12.0. The second kappa shape index (κ2) is 7.51.